The lowest BCUT2D eigenvalue weighted by Gasteiger charge is -2.01. The van der Waals surface area contributed by atoms with Crippen LogP contribution in [0.2, 0.25) is 0 Å². The van der Waals surface area contributed by atoms with E-state index in [9.17, 15) is 9.59 Å². The van der Waals surface area contributed by atoms with Crippen molar-refractivity contribution in [3.63, 3.8) is 0 Å². The van der Waals surface area contributed by atoms with Crippen LogP contribution in [0.5, 0.6) is 0 Å². The van der Waals surface area contributed by atoms with Gasteiger partial charge in [-0.05, 0) is 24.8 Å². The summed E-state index contributed by atoms with van der Waals surface area (Å²) in [6.07, 6.45) is 8.78. The molecule has 0 atom stereocenters. The van der Waals surface area contributed by atoms with E-state index in [-0.39, 0.29) is 11.6 Å². The average Bonchev–Trinajstić information content (AvgIpc) is 3.28. The molecule has 0 aliphatic carbocycles. The van der Waals surface area contributed by atoms with E-state index in [0.29, 0.717) is 30.9 Å². The van der Waals surface area contributed by atoms with Gasteiger partial charge in [0.25, 0.3) is 0 Å². The molecule has 0 unspecified atom stereocenters. The quantitative estimate of drug-likeness (QED) is 0.445. The maximum Gasteiger partial charge on any atom is 0.182 e. The van der Waals surface area contributed by atoms with Crippen molar-refractivity contribution >= 4 is 40.3 Å². The number of nitrogens with zero attached hydrogens (tertiary/aromatic N) is 2. The van der Waals surface area contributed by atoms with Crippen LogP contribution in [0, 0.1) is 5.92 Å². The molecule has 7 heteroatoms. The van der Waals surface area contributed by atoms with Gasteiger partial charge in [-0.2, -0.15) is 0 Å². The lowest BCUT2D eigenvalue weighted by atomic mass is 10.1. The van der Waals surface area contributed by atoms with Gasteiger partial charge in [-0.15, -0.1) is 22.7 Å². The topological polar surface area (TPSA) is 80.2 Å². The van der Waals surface area contributed by atoms with Crippen LogP contribution < -0.4 is 0 Å². The third-order valence-corrected chi connectivity index (χ3v) is 5.64. The molecule has 0 saturated heterocycles. The molecule has 0 bridgehead atoms. The molecule has 26 heavy (non-hydrogen) atoms. The fourth-order valence-corrected chi connectivity index (χ4v) is 4.00. The summed E-state index contributed by atoms with van der Waals surface area (Å²) in [6, 6.07) is 0. The fourth-order valence-electron chi connectivity index (χ4n) is 2.33. The monoisotopic (exact) mass is 392 g/mol. The van der Waals surface area contributed by atoms with Gasteiger partial charge >= 0.3 is 0 Å². The second-order valence-corrected chi connectivity index (χ2v) is 8.28. The molecule has 0 saturated carbocycles. The van der Waals surface area contributed by atoms with Crippen molar-refractivity contribution in [1.29, 1.82) is 0 Å². The van der Waals surface area contributed by atoms with Crippen molar-refractivity contribution < 1.29 is 14.7 Å². The molecule has 0 spiro atoms. The highest BCUT2D eigenvalue weighted by molar-refractivity contribution is 7.21. The summed E-state index contributed by atoms with van der Waals surface area (Å²) >= 11 is 3.01. The third kappa shape index (κ3) is 6.23. The van der Waals surface area contributed by atoms with Crippen molar-refractivity contribution in [2.24, 2.45) is 5.92 Å². The summed E-state index contributed by atoms with van der Waals surface area (Å²) in [5, 5.41) is 12.2. The Kier molecular flexibility index (Phi) is 8.28. The minimum Gasteiger partial charge on any atom is -0.389 e. The van der Waals surface area contributed by atoms with Gasteiger partial charge < -0.3 is 5.11 Å². The smallest absolute Gasteiger partial charge is 0.182 e. The van der Waals surface area contributed by atoms with Gasteiger partial charge in [-0.25, -0.2) is 9.97 Å². The van der Waals surface area contributed by atoms with Crippen molar-refractivity contribution in [2.75, 3.05) is 6.61 Å². The van der Waals surface area contributed by atoms with Gasteiger partial charge in [-0.3, -0.25) is 9.59 Å². The molecule has 0 aliphatic heterocycles. The highest BCUT2D eigenvalue weighted by Gasteiger charge is 2.18. The van der Waals surface area contributed by atoms with Crippen LogP contribution in [-0.4, -0.2) is 33.2 Å². The number of Topliss-reactive ketones (excluding diaryl/α,β-unsaturated/α-hetero) is 2. The summed E-state index contributed by atoms with van der Waals surface area (Å²) in [7, 11) is 0. The summed E-state index contributed by atoms with van der Waals surface area (Å²) in [5.74, 6) is 0.276. The molecule has 0 amide bonds. The normalized spacial score (nSPS) is 11.5. The SMILES string of the molecule is CC(C)/C=C/c1sc(-c2nccs2)nc1C(=O)CCCCCC(=O)CO. The number of aliphatic hydroxyl groups is 1. The second kappa shape index (κ2) is 10.4. The van der Waals surface area contributed by atoms with E-state index in [4.69, 9.17) is 5.11 Å². The molecule has 140 valence electrons. The number of hydrogen-bond acceptors (Lipinski definition) is 7. The summed E-state index contributed by atoms with van der Waals surface area (Å²) in [6.45, 7) is 3.78. The first-order chi connectivity index (χ1) is 12.5. The number of aromatic nitrogens is 2. The Morgan fingerprint density at radius 2 is 1.96 bits per heavy atom. The number of carbonyl (C=O) groups excluding carboxylic acids is 2. The third-order valence-electron chi connectivity index (χ3n) is 3.70. The maximum absolute atomic E-state index is 12.6. The number of hydrogen-bond donors (Lipinski definition) is 1. The van der Waals surface area contributed by atoms with Crippen molar-refractivity contribution in [3.05, 3.63) is 28.2 Å². The number of unbranched alkanes of at least 4 members (excludes halogenated alkanes) is 2. The van der Waals surface area contributed by atoms with Crippen LogP contribution in [0.1, 0.15) is 61.3 Å². The van der Waals surface area contributed by atoms with Crippen LogP contribution in [0.4, 0.5) is 0 Å². The molecule has 0 fully saturated rings. The highest BCUT2D eigenvalue weighted by atomic mass is 32.1. The lowest BCUT2D eigenvalue weighted by molar-refractivity contribution is -0.121. The van der Waals surface area contributed by atoms with E-state index >= 15 is 0 Å². The van der Waals surface area contributed by atoms with E-state index in [1.54, 1.807) is 6.20 Å². The minimum absolute atomic E-state index is 0.0287. The van der Waals surface area contributed by atoms with E-state index in [1.165, 1.54) is 22.7 Å². The van der Waals surface area contributed by atoms with Gasteiger partial charge in [0, 0.05) is 24.4 Å². The van der Waals surface area contributed by atoms with Crippen LogP contribution in [0.25, 0.3) is 16.1 Å². The molecular formula is C19H24N2O3S2. The average molecular weight is 393 g/mol. The Balaban J connectivity index is 2.03. The Hall–Kier alpha value is -1.70. The van der Waals surface area contributed by atoms with Crippen molar-refractivity contribution in [2.45, 2.75) is 46.0 Å². The predicted molar refractivity (Wildman–Crippen MR) is 107 cm³/mol. The van der Waals surface area contributed by atoms with E-state index in [1.807, 2.05) is 11.5 Å². The minimum atomic E-state index is -0.400. The number of carbonyl (C=O) groups is 2. The van der Waals surface area contributed by atoms with Gasteiger partial charge in [0.05, 0.1) is 4.88 Å². The Morgan fingerprint density at radius 1 is 1.19 bits per heavy atom. The van der Waals surface area contributed by atoms with Crippen LogP contribution in [0.15, 0.2) is 17.7 Å². The Bertz CT molecular complexity index is 749. The number of rotatable bonds is 11. The van der Waals surface area contributed by atoms with Crippen LogP contribution in [0.3, 0.4) is 0 Å². The summed E-state index contributed by atoms with van der Waals surface area (Å²) in [4.78, 5) is 33.4. The first-order valence-electron chi connectivity index (χ1n) is 8.76. The second-order valence-electron chi connectivity index (χ2n) is 6.35. The Morgan fingerprint density at radius 3 is 2.62 bits per heavy atom. The largest absolute Gasteiger partial charge is 0.389 e. The zero-order valence-electron chi connectivity index (χ0n) is 15.1. The summed E-state index contributed by atoms with van der Waals surface area (Å²) in [5.41, 5.74) is 0.517. The molecule has 0 radical (unpaired) electrons. The zero-order chi connectivity index (χ0) is 18.9. The molecule has 2 rings (SSSR count). The first-order valence-corrected chi connectivity index (χ1v) is 10.5. The molecule has 0 aliphatic rings. The molecule has 1 N–H and O–H groups in total. The van der Waals surface area contributed by atoms with E-state index < -0.39 is 6.61 Å². The highest BCUT2D eigenvalue weighted by Crippen LogP contribution is 2.31. The molecule has 2 aromatic rings. The first kappa shape index (κ1) is 20.6. The molecule has 0 aromatic carbocycles. The maximum atomic E-state index is 12.6. The zero-order valence-corrected chi connectivity index (χ0v) is 16.7. The Labute approximate surface area is 161 Å². The molecular weight excluding hydrogens is 368 g/mol. The molecule has 5 nitrogen and oxygen atoms in total. The van der Waals surface area contributed by atoms with Crippen LogP contribution in [-0.2, 0) is 4.79 Å². The van der Waals surface area contributed by atoms with Crippen LogP contribution >= 0.6 is 22.7 Å². The lowest BCUT2D eigenvalue weighted by Crippen LogP contribution is -2.04. The van der Waals surface area contributed by atoms with E-state index in [0.717, 1.165) is 27.7 Å². The molecule has 2 aromatic heterocycles. The van der Waals surface area contributed by atoms with E-state index in [2.05, 4.69) is 29.9 Å². The van der Waals surface area contributed by atoms with Gasteiger partial charge in [-0.1, -0.05) is 26.3 Å². The summed E-state index contributed by atoms with van der Waals surface area (Å²) < 4.78 is 0. The number of thiazole rings is 2. The fraction of sp³-hybridized carbons (Fsp3) is 0.474. The van der Waals surface area contributed by atoms with Gasteiger partial charge in [0.1, 0.15) is 12.3 Å². The molecule has 2 heterocycles. The predicted octanol–water partition coefficient (Wildman–Crippen LogP) is 4.63. The number of aliphatic hydroxyl groups excluding tert-OH is 1. The standard InChI is InChI=1S/C19H24N2O3S2/c1-13(2)8-9-16-17(21-19(26-16)18-20-10-11-25-18)15(24)7-5-3-4-6-14(23)12-22/h8-11,13,22H,3-7,12H2,1-2H3/b9-8+. The number of ketones is 2. The number of allylic oxidation sites excluding steroid dienone is 1. The van der Waals surface area contributed by atoms with Crippen molar-refractivity contribution in [3.8, 4) is 10.0 Å². The van der Waals surface area contributed by atoms with Gasteiger partial charge in [0.2, 0.25) is 0 Å². The van der Waals surface area contributed by atoms with Gasteiger partial charge in [0.15, 0.2) is 21.6 Å². The van der Waals surface area contributed by atoms with Crippen molar-refractivity contribution in [1.82, 2.24) is 9.97 Å².